The molecule has 0 saturated heterocycles. The van der Waals surface area contributed by atoms with Crippen molar-refractivity contribution in [3.63, 3.8) is 0 Å². The molecule has 0 saturated carbocycles. The molecule has 0 aliphatic rings. The fraction of sp³-hybridized carbons (Fsp3) is 0.667. The van der Waals surface area contributed by atoms with E-state index in [4.69, 9.17) is 9.47 Å². The molecule has 0 bridgehead atoms. The summed E-state index contributed by atoms with van der Waals surface area (Å²) < 4.78 is 23.2. The molecule has 1 atom stereocenters. The molecule has 1 aromatic rings. The van der Waals surface area contributed by atoms with Crippen LogP contribution in [0.4, 0.5) is 0 Å². The second-order valence-corrected chi connectivity index (χ2v) is 9.57. The first kappa shape index (κ1) is 28.0. The fourth-order valence-corrected chi connectivity index (χ4v) is 3.33. The van der Waals surface area contributed by atoms with Gasteiger partial charge in [0.1, 0.15) is 0 Å². The van der Waals surface area contributed by atoms with Gasteiger partial charge in [-0.1, -0.05) is 6.07 Å². The second-order valence-electron chi connectivity index (χ2n) is 7.25. The summed E-state index contributed by atoms with van der Waals surface area (Å²) in [5, 5.41) is 6.57. The summed E-state index contributed by atoms with van der Waals surface area (Å²) in [6.07, 6.45) is 0.838. The molecule has 0 amide bonds. The van der Waals surface area contributed by atoms with Crippen molar-refractivity contribution >= 4 is 40.7 Å². The largest absolute Gasteiger partial charge is 0.490 e. The van der Waals surface area contributed by atoms with Gasteiger partial charge >= 0.3 is 0 Å². The van der Waals surface area contributed by atoms with Gasteiger partial charge in [0.05, 0.1) is 19.8 Å². The van der Waals surface area contributed by atoms with Gasteiger partial charge in [0, 0.05) is 34.4 Å². The zero-order valence-corrected chi connectivity index (χ0v) is 21.8. The summed E-state index contributed by atoms with van der Waals surface area (Å²) >= 11 is 0. The fourth-order valence-electron chi connectivity index (χ4n) is 2.46. The highest BCUT2D eigenvalue weighted by Gasteiger charge is 2.18. The van der Waals surface area contributed by atoms with Gasteiger partial charge in [0.25, 0.3) is 0 Å². The monoisotopic (exact) mass is 539 g/mol. The number of aliphatic imine (C=N–C) groups is 1. The lowest BCUT2D eigenvalue weighted by atomic mass is 10.1. The van der Waals surface area contributed by atoms with Crippen LogP contribution in [0.1, 0.15) is 47.1 Å². The minimum atomic E-state index is -0.890. The zero-order chi connectivity index (χ0) is 21.0. The number of benzene rings is 1. The number of guanidine groups is 1. The van der Waals surface area contributed by atoms with Crippen molar-refractivity contribution in [2.45, 2.75) is 52.7 Å². The molecule has 1 unspecified atom stereocenters. The number of hydrogen-bond acceptors (Lipinski definition) is 4. The van der Waals surface area contributed by atoms with E-state index in [0.29, 0.717) is 25.5 Å². The van der Waals surface area contributed by atoms with E-state index in [1.165, 1.54) is 5.56 Å². The predicted octanol–water partition coefficient (Wildman–Crippen LogP) is 3.75. The van der Waals surface area contributed by atoms with Crippen LogP contribution in [0.5, 0.6) is 11.5 Å². The SMILES string of the molecule is CCNC(=NCCS(=O)C(C)(C)C)NCCc1ccc(OCC)c(OCC)c1.I. The summed E-state index contributed by atoms with van der Waals surface area (Å²) in [7, 11) is -0.890. The third-order valence-electron chi connectivity index (χ3n) is 3.89. The minimum Gasteiger partial charge on any atom is -0.490 e. The Kier molecular flexibility index (Phi) is 14.3. The molecule has 0 fully saturated rings. The van der Waals surface area contributed by atoms with Gasteiger partial charge in [0.15, 0.2) is 17.5 Å². The van der Waals surface area contributed by atoms with Crippen molar-refractivity contribution in [3.05, 3.63) is 23.8 Å². The Labute approximate surface area is 196 Å². The third-order valence-corrected chi connectivity index (χ3v) is 5.81. The Balaban J connectivity index is 0.00000784. The van der Waals surface area contributed by atoms with E-state index in [0.717, 1.165) is 37.0 Å². The van der Waals surface area contributed by atoms with Crippen LogP contribution >= 0.6 is 24.0 Å². The molecule has 0 heterocycles. The number of nitrogens with zero attached hydrogens (tertiary/aromatic N) is 1. The van der Waals surface area contributed by atoms with Crippen LogP contribution in [0.2, 0.25) is 0 Å². The van der Waals surface area contributed by atoms with E-state index in [2.05, 4.69) is 21.7 Å². The minimum absolute atomic E-state index is 0. The van der Waals surface area contributed by atoms with Crippen LogP contribution in [0.25, 0.3) is 0 Å². The Morgan fingerprint density at radius 1 is 1.07 bits per heavy atom. The van der Waals surface area contributed by atoms with Crippen LogP contribution in [0.3, 0.4) is 0 Å². The second kappa shape index (κ2) is 14.9. The molecular formula is C21H38IN3O3S. The smallest absolute Gasteiger partial charge is 0.191 e. The van der Waals surface area contributed by atoms with Gasteiger partial charge in [-0.2, -0.15) is 0 Å². The highest BCUT2D eigenvalue weighted by Crippen LogP contribution is 2.28. The molecule has 6 nitrogen and oxygen atoms in total. The standard InChI is InChI=1S/C21H37N3O3S.HI/c1-7-22-20(24-14-15-28(25)21(4,5)6)23-13-12-17-10-11-18(26-8-2)19(16-17)27-9-3;/h10-11,16H,7-9,12-15H2,1-6H3,(H2,22,23,24);1H. The van der Waals surface area contributed by atoms with Crippen LogP contribution < -0.4 is 20.1 Å². The number of halogens is 1. The maximum atomic E-state index is 12.1. The van der Waals surface area contributed by atoms with Crippen molar-refractivity contribution in [1.29, 1.82) is 0 Å². The first-order valence-corrected chi connectivity index (χ1v) is 11.4. The van der Waals surface area contributed by atoms with Crippen LogP contribution in [0.15, 0.2) is 23.2 Å². The third kappa shape index (κ3) is 11.1. The maximum Gasteiger partial charge on any atom is 0.191 e. The molecule has 0 spiro atoms. The molecule has 0 aliphatic heterocycles. The lowest BCUT2D eigenvalue weighted by molar-refractivity contribution is 0.287. The topological polar surface area (TPSA) is 72.0 Å². The first-order chi connectivity index (χ1) is 13.3. The summed E-state index contributed by atoms with van der Waals surface area (Å²) in [4.78, 5) is 4.54. The van der Waals surface area contributed by atoms with Gasteiger partial charge < -0.3 is 20.1 Å². The summed E-state index contributed by atoms with van der Waals surface area (Å²) in [6, 6.07) is 6.06. The molecule has 8 heteroatoms. The Bertz CT molecular complexity index is 649. The van der Waals surface area contributed by atoms with E-state index in [9.17, 15) is 4.21 Å². The van der Waals surface area contributed by atoms with Crippen molar-refractivity contribution in [2.75, 3.05) is 38.6 Å². The summed E-state index contributed by atoms with van der Waals surface area (Å²) in [5.74, 6) is 2.88. The molecule has 0 aliphatic carbocycles. The van der Waals surface area contributed by atoms with E-state index in [1.54, 1.807) is 0 Å². The van der Waals surface area contributed by atoms with E-state index >= 15 is 0 Å². The lowest BCUT2D eigenvalue weighted by Gasteiger charge is -2.17. The Morgan fingerprint density at radius 2 is 1.72 bits per heavy atom. The van der Waals surface area contributed by atoms with E-state index < -0.39 is 10.8 Å². The molecule has 1 rings (SSSR count). The highest BCUT2D eigenvalue weighted by molar-refractivity contribution is 14.0. The average Bonchev–Trinajstić information content (AvgIpc) is 2.63. The van der Waals surface area contributed by atoms with Gasteiger partial charge in [0.2, 0.25) is 0 Å². The zero-order valence-electron chi connectivity index (χ0n) is 18.7. The molecule has 168 valence electrons. The first-order valence-electron chi connectivity index (χ1n) is 10.1. The molecule has 1 aromatic carbocycles. The van der Waals surface area contributed by atoms with Crippen molar-refractivity contribution < 1.29 is 13.7 Å². The van der Waals surface area contributed by atoms with E-state index in [-0.39, 0.29) is 28.7 Å². The number of nitrogens with one attached hydrogen (secondary N) is 2. The van der Waals surface area contributed by atoms with Crippen molar-refractivity contribution in [2.24, 2.45) is 4.99 Å². The highest BCUT2D eigenvalue weighted by atomic mass is 127. The number of hydrogen-bond donors (Lipinski definition) is 2. The molecule has 0 radical (unpaired) electrons. The van der Waals surface area contributed by atoms with Crippen LogP contribution in [0, 0.1) is 0 Å². The van der Waals surface area contributed by atoms with Crippen molar-refractivity contribution in [3.8, 4) is 11.5 Å². The summed E-state index contributed by atoms with van der Waals surface area (Å²) in [6.45, 7) is 15.2. The molecule has 0 aromatic heterocycles. The van der Waals surface area contributed by atoms with Crippen LogP contribution in [-0.2, 0) is 17.2 Å². The van der Waals surface area contributed by atoms with Gasteiger partial charge in [-0.25, -0.2) is 0 Å². The Hall–Kier alpha value is -1.03. The van der Waals surface area contributed by atoms with E-state index in [1.807, 2.05) is 53.7 Å². The van der Waals surface area contributed by atoms with Gasteiger partial charge in [-0.05, 0) is 65.7 Å². The lowest BCUT2D eigenvalue weighted by Crippen LogP contribution is -2.38. The number of rotatable bonds is 11. The molecule has 2 N–H and O–H groups in total. The predicted molar refractivity (Wildman–Crippen MR) is 135 cm³/mol. The maximum absolute atomic E-state index is 12.1. The number of ether oxygens (including phenoxy) is 2. The summed E-state index contributed by atoms with van der Waals surface area (Å²) in [5.41, 5.74) is 1.17. The average molecular weight is 540 g/mol. The van der Waals surface area contributed by atoms with Crippen LogP contribution in [-0.4, -0.2) is 53.5 Å². The quantitative estimate of drug-likeness (QED) is 0.255. The Morgan fingerprint density at radius 3 is 2.31 bits per heavy atom. The normalized spacial score (nSPS) is 12.7. The molecule has 29 heavy (non-hydrogen) atoms. The molecular weight excluding hydrogens is 501 g/mol. The van der Waals surface area contributed by atoms with Crippen molar-refractivity contribution in [1.82, 2.24) is 10.6 Å². The van der Waals surface area contributed by atoms with Gasteiger partial charge in [-0.15, -0.1) is 24.0 Å². The van der Waals surface area contributed by atoms with Gasteiger partial charge in [-0.3, -0.25) is 9.20 Å².